The lowest BCUT2D eigenvalue weighted by Crippen LogP contribution is -2.10. The van der Waals surface area contributed by atoms with Gasteiger partial charge in [0.15, 0.2) is 10.3 Å². The molecule has 3 rings (SSSR count). The molecule has 0 atom stereocenters. The first-order valence-corrected chi connectivity index (χ1v) is 8.84. The number of nitrogens with two attached hydrogens (primary N) is 1. The maximum absolute atomic E-state index is 6.35. The molecule has 1 aliphatic heterocycles. The van der Waals surface area contributed by atoms with E-state index >= 15 is 0 Å². The van der Waals surface area contributed by atoms with Crippen LogP contribution in [-0.2, 0) is 0 Å². The Labute approximate surface area is 162 Å². The van der Waals surface area contributed by atoms with E-state index in [2.05, 4.69) is 15.0 Å². The van der Waals surface area contributed by atoms with Gasteiger partial charge in [-0.15, -0.1) is 0 Å². The number of hydrogen-bond acceptors (Lipinski definition) is 5. The summed E-state index contributed by atoms with van der Waals surface area (Å²) in [5.41, 5.74) is 7.69. The Morgan fingerprint density at radius 2 is 1.54 bits per heavy atom. The lowest BCUT2D eigenvalue weighted by Gasteiger charge is -2.09. The summed E-state index contributed by atoms with van der Waals surface area (Å²) in [6, 6.07) is 6.68. The van der Waals surface area contributed by atoms with E-state index in [4.69, 9.17) is 52.1 Å². The standard InChI is InChI=1S/C15H8Cl4N4S/c16-8-5-9(17)11(10(18)6-8)14-23-13(19)12(22-15(20)24-14)7-1-3-21-4-2-7/h1-6H,(H2,20,22). The van der Waals surface area contributed by atoms with Crippen LogP contribution in [0.5, 0.6) is 0 Å². The molecular weight excluding hydrogens is 410 g/mol. The molecule has 0 saturated heterocycles. The van der Waals surface area contributed by atoms with Crippen LogP contribution in [-0.4, -0.2) is 15.2 Å². The van der Waals surface area contributed by atoms with Gasteiger partial charge in [-0.2, -0.15) is 0 Å². The number of thioether (sulfide) groups is 1. The maximum Gasteiger partial charge on any atom is 0.165 e. The zero-order valence-corrected chi connectivity index (χ0v) is 15.6. The first-order chi connectivity index (χ1) is 11.5. The number of aromatic nitrogens is 1. The van der Waals surface area contributed by atoms with E-state index in [-0.39, 0.29) is 10.3 Å². The van der Waals surface area contributed by atoms with Gasteiger partial charge in [-0.1, -0.05) is 46.4 Å². The number of benzene rings is 1. The first-order valence-electron chi connectivity index (χ1n) is 6.51. The Kier molecular flexibility index (Phi) is 5.37. The summed E-state index contributed by atoms with van der Waals surface area (Å²) in [7, 11) is 0. The van der Waals surface area contributed by atoms with Gasteiger partial charge < -0.3 is 5.73 Å². The predicted molar refractivity (Wildman–Crippen MR) is 104 cm³/mol. The van der Waals surface area contributed by atoms with E-state index in [1.54, 1.807) is 36.7 Å². The summed E-state index contributed by atoms with van der Waals surface area (Å²) >= 11 is 25.9. The van der Waals surface area contributed by atoms with Crippen LogP contribution in [0.1, 0.15) is 11.1 Å². The van der Waals surface area contributed by atoms with Gasteiger partial charge in [-0.05, 0) is 36.0 Å². The summed E-state index contributed by atoms with van der Waals surface area (Å²) in [6.07, 6.45) is 3.27. The molecule has 2 heterocycles. The molecule has 1 aromatic heterocycles. The largest absolute Gasteiger partial charge is 0.378 e. The van der Waals surface area contributed by atoms with Gasteiger partial charge >= 0.3 is 0 Å². The highest BCUT2D eigenvalue weighted by atomic mass is 35.5. The maximum atomic E-state index is 6.35. The third-order valence-electron chi connectivity index (χ3n) is 2.99. The second-order valence-corrected chi connectivity index (χ2v) is 7.21. The number of hydrogen-bond donors (Lipinski definition) is 1. The van der Waals surface area contributed by atoms with Gasteiger partial charge in [0.25, 0.3) is 0 Å². The van der Waals surface area contributed by atoms with Gasteiger partial charge in [0.2, 0.25) is 0 Å². The molecular formula is C15H8Cl4N4S. The number of amidine groups is 1. The highest BCUT2D eigenvalue weighted by Crippen LogP contribution is 2.36. The van der Waals surface area contributed by atoms with Crippen molar-refractivity contribution in [2.24, 2.45) is 15.7 Å². The Bertz CT molecular complexity index is 871. The molecule has 2 N–H and O–H groups in total. The molecule has 0 amide bonds. The van der Waals surface area contributed by atoms with Crippen molar-refractivity contribution in [2.75, 3.05) is 0 Å². The van der Waals surface area contributed by atoms with Crippen molar-refractivity contribution in [1.29, 1.82) is 0 Å². The second kappa shape index (κ2) is 7.33. The summed E-state index contributed by atoms with van der Waals surface area (Å²) in [5.74, 6) is 0. The predicted octanol–water partition coefficient (Wildman–Crippen LogP) is 5.42. The highest BCUT2D eigenvalue weighted by Gasteiger charge is 2.21. The van der Waals surface area contributed by atoms with Crippen molar-refractivity contribution in [3.05, 3.63) is 68.0 Å². The Morgan fingerprint density at radius 3 is 2.17 bits per heavy atom. The summed E-state index contributed by atoms with van der Waals surface area (Å²) in [6.45, 7) is 0. The number of nitrogens with zero attached hydrogens (tertiary/aromatic N) is 3. The molecule has 0 fully saturated rings. The summed E-state index contributed by atoms with van der Waals surface area (Å²) < 4.78 is 0. The lowest BCUT2D eigenvalue weighted by atomic mass is 10.2. The van der Waals surface area contributed by atoms with E-state index in [1.807, 2.05) is 0 Å². The molecule has 1 aliphatic rings. The van der Waals surface area contributed by atoms with Gasteiger partial charge in [0.05, 0.1) is 10.0 Å². The van der Waals surface area contributed by atoms with Crippen molar-refractivity contribution >= 4 is 74.1 Å². The molecule has 0 bridgehead atoms. The normalized spacial score (nSPS) is 15.0. The average Bonchev–Trinajstić information content (AvgIpc) is 2.66. The minimum absolute atomic E-state index is 0.172. The van der Waals surface area contributed by atoms with Gasteiger partial charge in [0.1, 0.15) is 10.7 Å². The lowest BCUT2D eigenvalue weighted by molar-refractivity contribution is 1.30. The molecule has 0 aliphatic carbocycles. The van der Waals surface area contributed by atoms with Crippen molar-refractivity contribution in [2.45, 2.75) is 0 Å². The van der Waals surface area contributed by atoms with E-state index in [9.17, 15) is 0 Å². The monoisotopic (exact) mass is 416 g/mol. The number of halogens is 4. The quantitative estimate of drug-likeness (QED) is 0.663. The van der Waals surface area contributed by atoms with Crippen LogP contribution >= 0.6 is 58.2 Å². The first kappa shape index (κ1) is 17.6. The number of pyridine rings is 1. The third-order valence-corrected chi connectivity index (χ3v) is 4.86. The van der Waals surface area contributed by atoms with Crippen LogP contribution in [0.3, 0.4) is 0 Å². The average molecular weight is 418 g/mol. The molecule has 0 radical (unpaired) electrons. The molecule has 24 heavy (non-hydrogen) atoms. The van der Waals surface area contributed by atoms with Gasteiger partial charge in [-0.25, -0.2) is 9.98 Å². The van der Waals surface area contributed by atoms with Crippen LogP contribution in [0, 0.1) is 0 Å². The fourth-order valence-electron chi connectivity index (χ4n) is 1.99. The van der Waals surface area contributed by atoms with Crippen molar-refractivity contribution in [1.82, 2.24) is 4.98 Å². The van der Waals surface area contributed by atoms with E-state index in [0.29, 0.717) is 31.4 Å². The molecule has 122 valence electrons. The zero-order valence-electron chi connectivity index (χ0n) is 11.8. The topological polar surface area (TPSA) is 63.6 Å². The third kappa shape index (κ3) is 3.71. The van der Waals surface area contributed by atoms with Crippen LogP contribution in [0.25, 0.3) is 5.70 Å². The molecule has 0 saturated carbocycles. The van der Waals surface area contributed by atoms with E-state index in [0.717, 1.165) is 17.3 Å². The Morgan fingerprint density at radius 1 is 0.917 bits per heavy atom. The fraction of sp³-hybridized carbons (Fsp3) is 0. The molecule has 0 unspecified atom stereocenters. The van der Waals surface area contributed by atoms with Crippen LogP contribution in [0.2, 0.25) is 15.1 Å². The molecule has 1 aromatic carbocycles. The Hall–Kier alpha value is -1.24. The van der Waals surface area contributed by atoms with Crippen LogP contribution in [0.4, 0.5) is 0 Å². The second-order valence-electron chi connectivity index (χ2n) is 4.59. The molecule has 9 heteroatoms. The van der Waals surface area contributed by atoms with Crippen molar-refractivity contribution in [3.8, 4) is 0 Å². The molecule has 0 spiro atoms. The van der Waals surface area contributed by atoms with Crippen LogP contribution < -0.4 is 5.73 Å². The summed E-state index contributed by atoms with van der Waals surface area (Å²) in [5, 5.41) is 2.00. The van der Waals surface area contributed by atoms with E-state index in [1.165, 1.54) is 0 Å². The minimum Gasteiger partial charge on any atom is -0.378 e. The highest BCUT2D eigenvalue weighted by molar-refractivity contribution is 8.27. The van der Waals surface area contributed by atoms with Crippen molar-refractivity contribution in [3.63, 3.8) is 0 Å². The molecule has 4 nitrogen and oxygen atoms in total. The van der Waals surface area contributed by atoms with Gasteiger partial charge in [-0.3, -0.25) is 4.98 Å². The van der Waals surface area contributed by atoms with E-state index < -0.39 is 0 Å². The fourth-order valence-corrected chi connectivity index (χ4v) is 4.18. The molecule has 2 aromatic rings. The SMILES string of the molecule is NC1=NC(c2ccncc2)=C(Cl)N=C(c2c(Cl)cc(Cl)cc2Cl)S1. The zero-order chi connectivity index (χ0) is 17.3. The number of aliphatic imine (C=N–C) groups is 2. The smallest absolute Gasteiger partial charge is 0.165 e. The number of rotatable bonds is 2. The Balaban J connectivity index is 2.16. The minimum atomic E-state index is 0.172. The van der Waals surface area contributed by atoms with Crippen molar-refractivity contribution < 1.29 is 0 Å². The van der Waals surface area contributed by atoms with Crippen LogP contribution in [0.15, 0.2) is 51.8 Å². The van der Waals surface area contributed by atoms with Gasteiger partial charge in [0, 0.05) is 28.5 Å². The summed E-state index contributed by atoms with van der Waals surface area (Å²) in [4.78, 5) is 12.7.